The SMILES string of the molecule is CC(=O)c1ccc2c(c1)OCC1(CC1)COc1cc(C(C)=O)ccc1-2. The predicted molar refractivity (Wildman–Crippen MR) is 94.5 cm³/mol. The minimum atomic E-state index is 0.0100. The summed E-state index contributed by atoms with van der Waals surface area (Å²) in [4.78, 5) is 23.5. The number of rotatable bonds is 2. The first kappa shape index (κ1) is 15.9. The van der Waals surface area contributed by atoms with Gasteiger partial charge in [0.05, 0.1) is 13.2 Å². The number of ketones is 2. The zero-order valence-electron chi connectivity index (χ0n) is 14.4. The maximum absolute atomic E-state index is 11.7. The van der Waals surface area contributed by atoms with Gasteiger partial charge in [-0.3, -0.25) is 9.59 Å². The number of carbonyl (C=O) groups excluding carboxylic acids is 2. The molecule has 25 heavy (non-hydrogen) atoms. The number of fused-ring (bicyclic) bond motifs is 3. The summed E-state index contributed by atoms with van der Waals surface area (Å²) < 4.78 is 12.2. The number of benzene rings is 2. The molecule has 0 amide bonds. The van der Waals surface area contributed by atoms with Crippen LogP contribution in [0.3, 0.4) is 0 Å². The van der Waals surface area contributed by atoms with Crippen LogP contribution in [0.1, 0.15) is 47.4 Å². The number of ether oxygens (including phenoxy) is 2. The van der Waals surface area contributed by atoms with Gasteiger partial charge in [0.25, 0.3) is 0 Å². The molecule has 0 bridgehead atoms. The largest absolute Gasteiger partial charge is 0.492 e. The van der Waals surface area contributed by atoms with Crippen LogP contribution in [0, 0.1) is 5.41 Å². The lowest BCUT2D eigenvalue weighted by Crippen LogP contribution is -2.20. The molecule has 0 unspecified atom stereocenters. The second kappa shape index (κ2) is 5.73. The van der Waals surface area contributed by atoms with E-state index < -0.39 is 0 Å². The van der Waals surface area contributed by atoms with Crippen molar-refractivity contribution >= 4 is 11.6 Å². The zero-order chi connectivity index (χ0) is 17.6. The van der Waals surface area contributed by atoms with Crippen LogP contribution in [0.15, 0.2) is 36.4 Å². The molecule has 4 nitrogen and oxygen atoms in total. The first-order valence-corrected chi connectivity index (χ1v) is 8.53. The van der Waals surface area contributed by atoms with Crippen LogP contribution in [0.25, 0.3) is 11.1 Å². The lowest BCUT2D eigenvalue weighted by atomic mass is 9.98. The Morgan fingerprint density at radius 1 is 0.800 bits per heavy atom. The maximum atomic E-state index is 11.7. The van der Waals surface area contributed by atoms with Crippen molar-refractivity contribution in [3.05, 3.63) is 47.5 Å². The van der Waals surface area contributed by atoms with E-state index in [-0.39, 0.29) is 17.0 Å². The zero-order valence-corrected chi connectivity index (χ0v) is 14.4. The van der Waals surface area contributed by atoms with E-state index in [2.05, 4.69) is 0 Å². The third-order valence-corrected chi connectivity index (χ3v) is 5.09. The van der Waals surface area contributed by atoms with E-state index >= 15 is 0 Å². The first-order chi connectivity index (χ1) is 12.0. The average molecular weight is 336 g/mol. The van der Waals surface area contributed by atoms with Crippen molar-refractivity contribution in [3.63, 3.8) is 0 Å². The molecule has 0 N–H and O–H groups in total. The normalized spacial score (nSPS) is 17.0. The molecule has 0 saturated heterocycles. The quantitative estimate of drug-likeness (QED) is 0.767. The Morgan fingerprint density at radius 3 is 1.60 bits per heavy atom. The van der Waals surface area contributed by atoms with Crippen LogP contribution in [0.2, 0.25) is 0 Å². The van der Waals surface area contributed by atoms with E-state index in [0.29, 0.717) is 35.8 Å². The average Bonchev–Trinajstić information content (AvgIpc) is 3.36. The monoisotopic (exact) mass is 336 g/mol. The Labute approximate surface area is 146 Å². The third-order valence-electron chi connectivity index (χ3n) is 5.09. The Hall–Kier alpha value is -2.62. The topological polar surface area (TPSA) is 52.6 Å². The second-order valence-corrected chi connectivity index (χ2v) is 7.11. The highest BCUT2D eigenvalue weighted by Gasteiger charge is 2.45. The highest BCUT2D eigenvalue weighted by Crippen LogP contribution is 2.49. The molecule has 1 saturated carbocycles. The van der Waals surface area contributed by atoms with Gasteiger partial charge in [0.1, 0.15) is 11.5 Å². The van der Waals surface area contributed by atoms with Gasteiger partial charge in [-0.1, -0.05) is 12.1 Å². The molecule has 0 atom stereocenters. The minimum absolute atomic E-state index is 0.0100. The van der Waals surface area contributed by atoms with Gasteiger partial charge >= 0.3 is 0 Å². The van der Waals surface area contributed by atoms with E-state index in [1.165, 1.54) is 0 Å². The molecular weight excluding hydrogens is 316 g/mol. The number of hydrogen-bond donors (Lipinski definition) is 0. The summed E-state index contributed by atoms with van der Waals surface area (Å²) in [6.07, 6.45) is 2.13. The van der Waals surface area contributed by atoms with Gasteiger partial charge in [0.2, 0.25) is 0 Å². The van der Waals surface area contributed by atoms with Crippen LogP contribution < -0.4 is 9.47 Å². The standard InChI is InChI=1S/C21H20O4/c1-13(22)15-3-5-17-18-6-4-16(14(2)23)10-20(18)25-12-21(7-8-21)11-24-19(17)9-15/h3-6,9-10H,7-8,11-12H2,1-2H3. The molecule has 1 aliphatic heterocycles. The Kier molecular flexibility index (Phi) is 3.64. The van der Waals surface area contributed by atoms with Gasteiger partial charge in [0.15, 0.2) is 11.6 Å². The van der Waals surface area contributed by atoms with Crippen LogP contribution in [-0.4, -0.2) is 24.8 Å². The summed E-state index contributed by atoms with van der Waals surface area (Å²) in [6, 6.07) is 11.0. The van der Waals surface area contributed by atoms with Gasteiger partial charge < -0.3 is 9.47 Å². The summed E-state index contributed by atoms with van der Waals surface area (Å²) >= 11 is 0. The first-order valence-electron chi connectivity index (χ1n) is 8.53. The minimum Gasteiger partial charge on any atom is -0.492 e. The van der Waals surface area contributed by atoms with Crippen molar-refractivity contribution in [2.75, 3.05) is 13.2 Å². The number of hydrogen-bond acceptors (Lipinski definition) is 4. The van der Waals surface area contributed by atoms with Crippen molar-refractivity contribution in [2.24, 2.45) is 5.41 Å². The second-order valence-electron chi connectivity index (χ2n) is 7.11. The van der Waals surface area contributed by atoms with E-state index in [0.717, 1.165) is 24.0 Å². The molecule has 4 rings (SSSR count). The fourth-order valence-corrected chi connectivity index (χ4v) is 3.14. The summed E-state index contributed by atoms with van der Waals surface area (Å²) in [7, 11) is 0. The molecule has 1 heterocycles. The molecule has 128 valence electrons. The van der Waals surface area contributed by atoms with Crippen molar-refractivity contribution in [2.45, 2.75) is 26.7 Å². The van der Waals surface area contributed by atoms with Crippen molar-refractivity contribution < 1.29 is 19.1 Å². The smallest absolute Gasteiger partial charge is 0.159 e. The Morgan fingerprint density at radius 2 is 1.24 bits per heavy atom. The van der Waals surface area contributed by atoms with Gasteiger partial charge in [-0.05, 0) is 51.0 Å². The summed E-state index contributed by atoms with van der Waals surface area (Å²) in [5.74, 6) is 1.41. The van der Waals surface area contributed by atoms with E-state index in [1.807, 2.05) is 24.3 Å². The summed E-state index contributed by atoms with van der Waals surface area (Å²) in [6.45, 7) is 4.26. The van der Waals surface area contributed by atoms with E-state index in [1.54, 1.807) is 26.0 Å². The van der Waals surface area contributed by atoms with Crippen LogP contribution in [-0.2, 0) is 0 Å². The van der Waals surface area contributed by atoms with Gasteiger partial charge in [-0.2, -0.15) is 0 Å². The lowest BCUT2D eigenvalue weighted by molar-refractivity contribution is 0.100. The predicted octanol–water partition coefficient (Wildman–Crippen LogP) is 4.31. The Bertz CT molecular complexity index is 808. The lowest BCUT2D eigenvalue weighted by Gasteiger charge is -2.16. The van der Waals surface area contributed by atoms with Crippen LogP contribution in [0.5, 0.6) is 11.5 Å². The molecule has 2 aromatic carbocycles. The van der Waals surface area contributed by atoms with Crippen molar-refractivity contribution in [1.29, 1.82) is 0 Å². The van der Waals surface area contributed by atoms with Gasteiger partial charge in [0, 0.05) is 27.7 Å². The molecule has 1 fully saturated rings. The molecule has 0 aromatic heterocycles. The van der Waals surface area contributed by atoms with E-state index in [9.17, 15) is 9.59 Å². The molecule has 2 aliphatic rings. The summed E-state index contributed by atoms with van der Waals surface area (Å²) in [5, 5.41) is 0. The fourth-order valence-electron chi connectivity index (χ4n) is 3.14. The highest BCUT2D eigenvalue weighted by atomic mass is 16.5. The van der Waals surface area contributed by atoms with Gasteiger partial charge in [-0.15, -0.1) is 0 Å². The highest BCUT2D eigenvalue weighted by molar-refractivity contribution is 5.97. The summed E-state index contributed by atoms with van der Waals surface area (Å²) in [5.41, 5.74) is 3.06. The molecule has 2 aromatic rings. The third kappa shape index (κ3) is 2.93. The number of carbonyl (C=O) groups is 2. The molecule has 1 aliphatic carbocycles. The van der Waals surface area contributed by atoms with Gasteiger partial charge in [-0.25, -0.2) is 0 Å². The molecular formula is C21H20O4. The molecule has 1 spiro atoms. The van der Waals surface area contributed by atoms with Crippen LogP contribution >= 0.6 is 0 Å². The van der Waals surface area contributed by atoms with Crippen LogP contribution in [0.4, 0.5) is 0 Å². The number of Topliss-reactive ketones (excluding diaryl/α,β-unsaturated/α-hetero) is 2. The molecule has 4 heteroatoms. The molecule has 0 radical (unpaired) electrons. The van der Waals surface area contributed by atoms with Crippen molar-refractivity contribution in [3.8, 4) is 22.6 Å². The van der Waals surface area contributed by atoms with Crippen molar-refractivity contribution in [1.82, 2.24) is 0 Å². The maximum Gasteiger partial charge on any atom is 0.159 e. The Balaban J connectivity index is 1.87. The van der Waals surface area contributed by atoms with E-state index in [4.69, 9.17) is 9.47 Å². The fraction of sp³-hybridized carbons (Fsp3) is 0.333.